The van der Waals surface area contributed by atoms with Gasteiger partial charge in [-0.05, 0) is 19.1 Å². The highest BCUT2D eigenvalue weighted by Crippen LogP contribution is 2.18. The van der Waals surface area contributed by atoms with E-state index in [1.54, 1.807) is 18.4 Å². The normalized spacial score (nSPS) is 11.6. The largest absolute Gasteiger partial charge is 0.492 e. The first-order chi connectivity index (χ1) is 11.6. The van der Waals surface area contributed by atoms with Crippen LogP contribution < -0.4 is 15.4 Å². The van der Waals surface area contributed by atoms with Gasteiger partial charge in [0.05, 0.1) is 23.8 Å². The van der Waals surface area contributed by atoms with Gasteiger partial charge in [-0.25, -0.2) is 4.98 Å². The molecule has 0 amide bonds. The number of aliphatic imine (C=N–C) groups is 1. The first-order valence-corrected chi connectivity index (χ1v) is 9.04. The Balaban J connectivity index is 1.69. The third-order valence-corrected chi connectivity index (χ3v) is 4.60. The zero-order valence-corrected chi connectivity index (χ0v) is 15.6. The molecular formula is C18H26N4OS. The van der Waals surface area contributed by atoms with Crippen molar-refractivity contribution in [3.63, 3.8) is 0 Å². The van der Waals surface area contributed by atoms with Crippen molar-refractivity contribution in [1.82, 2.24) is 15.6 Å². The monoisotopic (exact) mass is 346 g/mol. The highest BCUT2D eigenvalue weighted by atomic mass is 32.1. The molecule has 0 aliphatic rings. The maximum absolute atomic E-state index is 5.69. The fourth-order valence-electron chi connectivity index (χ4n) is 2.04. The molecule has 0 atom stereocenters. The van der Waals surface area contributed by atoms with Crippen molar-refractivity contribution in [3.8, 4) is 5.75 Å². The van der Waals surface area contributed by atoms with Crippen LogP contribution in [0.5, 0.6) is 5.75 Å². The summed E-state index contributed by atoms with van der Waals surface area (Å²) in [5.74, 6) is 2.11. The van der Waals surface area contributed by atoms with E-state index in [-0.39, 0.29) is 0 Å². The van der Waals surface area contributed by atoms with E-state index >= 15 is 0 Å². The lowest BCUT2D eigenvalue weighted by molar-refractivity contribution is 0.322. The minimum absolute atomic E-state index is 0.472. The van der Waals surface area contributed by atoms with Crippen molar-refractivity contribution in [3.05, 3.63) is 45.9 Å². The quantitative estimate of drug-likeness (QED) is 0.459. The fourth-order valence-corrected chi connectivity index (χ4v) is 2.87. The second-order valence-electron chi connectivity index (χ2n) is 5.85. The Labute approximate surface area is 148 Å². The van der Waals surface area contributed by atoms with Gasteiger partial charge in [0.1, 0.15) is 12.4 Å². The van der Waals surface area contributed by atoms with Gasteiger partial charge < -0.3 is 15.4 Å². The van der Waals surface area contributed by atoms with Gasteiger partial charge in [-0.2, -0.15) is 0 Å². The number of hydrogen-bond donors (Lipinski definition) is 2. The number of guanidine groups is 1. The number of rotatable bonds is 7. The average molecular weight is 347 g/mol. The summed E-state index contributed by atoms with van der Waals surface area (Å²) >= 11 is 1.71. The lowest BCUT2D eigenvalue weighted by Gasteiger charge is -2.12. The summed E-state index contributed by atoms with van der Waals surface area (Å²) < 4.78 is 5.69. The zero-order valence-electron chi connectivity index (χ0n) is 14.8. The molecule has 0 bridgehead atoms. The van der Waals surface area contributed by atoms with Gasteiger partial charge in [-0.1, -0.05) is 31.5 Å². The van der Waals surface area contributed by atoms with Crippen LogP contribution in [0.3, 0.4) is 0 Å². The predicted octanol–water partition coefficient (Wildman–Crippen LogP) is 3.32. The highest BCUT2D eigenvalue weighted by molar-refractivity contribution is 7.09. The van der Waals surface area contributed by atoms with E-state index in [0.29, 0.717) is 25.6 Å². The van der Waals surface area contributed by atoms with Crippen LogP contribution in [0.1, 0.15) is 36.0 Å². The molecule has 1 heterocycles. The standard InChI is InChI=1S/C18H26N4OS/c1-13(2)17-22-15(12-24-17)11-21-18(19-4)20-9-10-23-16-7-5-14(3)6-8-16/h5-8,12-13H,9-11H2,1-4H3,(H2,19,20,21). The highest BCUT2D eigenvalue weighted by Gasteiger charge is 2.06. The molecule has 2 N–H and O–H groups in total. The Morgan fingerprint density at radius 2 is 2.00 bits per heavy atom. The smallest absolute Gasteiger partial charge is 0.191 e. The summed E-state index contributed by atoms with van der Waals surface area (Å²) in [6, 6.07) is 8.05. The predicted molar refractivity (Wildman–Crippen MR) is 101 cm³/mol. The topological polar surface area (TPSA) is 58.5 Å². The van der Waals surface area contributed by atoms with E-state index in [1.807, 2.05) is 24.3 Å². The van der Waals surface area contributed by atoms with Gasteiger partial charge in [-0.3, -0.25) is 4.99 Å². The maximum Gasteiger partial charge on any atom is 0.191 e. The Morgan fingerprint density at radius 3 is 2.62 bits per heavy atom. The Bertz CT molecular complexity index is 649. The molecular weight excluding hydrogens is 320 g/mol. The van der Waals surface area contributed by atoms with Crippen LogP contribution in [-0.4, -0.2) is 31.1 Å². The second-order valence-corrected chi connectivity index (χ2v) is 6.74. The van der Waals surface area contributed by atoms with Gasteiger partial charge >= 0.3 is 0 Å². The average Bonchev–Trinajstić information content (AvgIpc) is 3.05. The van der Waals surface area contributed by atoms with Crippen LogP contribution in [0.2, 0.25) is 0 Å². The minimum Gasteiger partial charge on any atom is -0.492 e. The maximum atomic E-state index is 5.69. The van der Waals surface area contributed by atoms with Crippen molar-refractivity contribution >= 4 is 17.3 Å². The summed E-state index contributed by atoms with van der Waals surface area (Å²) in [6.45, 7) is 8.31. The van der Waals surface area contributed by atoms with E-state index in [0.717, 1.165) is 17.4 Å². The number of nitrogens with one attached hydrogen (secondary N) is 2. The number of hydrogen-bond acceptors (Lipinski definition) is 4. The third kappa shape index (κ3) is 5.85. The molecule has 6 heteroatoms. The SMILES string of the molecule is CN=C(NCCOc1ccc(C)cc1)NCc1csc(C(C)C)n1. The minimum atomic E-state index is 0.472. The molecule has 0 fully saturated rings. The van der Waals surface area contributed by atoms with E-state index in [4.69, 9.17) is 4.74 Å². The van der Waals surface area contributed by atoms with E-state index < -0.39 is 0 Å². The van der Waals surface area contributed by atoms with Gasteiger partial charge in [0, 0.05) is 18.3 Å². The van der Waals surface area contributed by atoms with Gasteiger partial charge in [0.15, 0.2) is 5.96 Å². The molecule has 0 saturated heterocycles. The van der Waals surface area contributed by atoms with Crippen LogP contribution in [0, 0.1) is 6.92 Å². The summed E-state index contributed by atoms with van der Waals surface area (Å²) in [5, 5.41) is 9.77. The molecule has 0 aliphatic carbocycles. The van der Waals surface area contributed by atoms with Crippen LogP contribution in [0.15, 0.2) is 34.6 Å². The van der Waals surface area contributed by atoms with Crippen molar-refractivity contribution in [2.45, 2.75) is 33.2 Å². The fraction of sp³-hybridized carbons (Fsp3) is 0.444. The molecule has 0 unspecified atom stereocenters. The number of ether oxygens (including phenoxy) is 1. The van der Waals surface area contributed by atoms with Crippen LogP contribution in [-0.2, 0) is 6.54 Å². The Morgan fingerprint density at radius 1 is 1.25 bits per heavy atom. The number of nitrogens with zero attached hydrogens (tertiary/aromatic N) is 2. The lowest BCUT2D eigenvalue weighted by Crippen LogP contribution is -2.38. The summed E-state index contributed by atoms with van der Waals surface area (Å²) in [5.41, 5.74) is 2.27. The van der Waals surface area contributed by atoms with Crippen molar-refractivity contribution in [1.29, 1.82) is 0 Å². The molecule has 5 nitrogen and oxygen atoms in total. The molecule has 0 saturated carbocycles. The summed E-state index contributed by atoms with van der Waals surface area (Å²) in [7, 11) is 1.76. The molecule has 24 heavy (non-hydrogen) atoms. The van der Waals surface area contributed by atoms with Crippen molar-refractivity contribution in [2.24, 2.45) is 4.99 Å². The van der Waals surface area contributed by atoms with Crippen molar-refractivity contribution in [2.75, 3.05) is 20.2 Å². The van der Waals surface area contributed by atoms with Gasteiger partial charge in [0.2, 0.25) is 0 Å². The molecule has 0 aliphatic heterocycles. The number of benzene rings is 1. The van der Waals surface area contributed by atoms with Gasteiger partial charge in [0.25, 0.3) is 0 Å². The molecule has 130 valence electrons. The van der Waals surface area contributed by atoms with Gasteiger partial charge in [-0.15, -0.1) is 11.3 Å². The lowest BCUT2D eigenvalue weighted by atomic mass is 10.2. The second kappa shape index (κ2) is 9.27. The molecule has 2 aromatic rings. The van der Waals surface area contributed by atoms with E-state index in [9.17, 15) is 0 Å². The van der Waals surface area contributed by atoms with Crippen molar-refractivity contribution < 1.29 is 4.74 Å². The number of aromatic nitrogens is 1. The first-order valence-electron chi connectivity index (χ1n) is 8.16. The molecule has 0 spiro atoms. The third-order valence-electron chi connectivity index (χ3n) is 3.41. The first kappa shape index (κ1) is 18.3. The molecule has 1 aromatic carbocycles. The summed E-state index contributed by atoms with van der Waals surface area (Å²) in [4.78, 5) is 8.82. The molecule has 0 radical (unpaired) electrons. The zero-order chi connectivity index (χ0) is 17.4. The number of aryl methyl sites for hydroxylation is 1. The summed E-state index contributed by atoms with van der Waals surface area (Å²) in [6.07, 6.45) is 0. The van der Waals surface area contributed by atoms with E-state index in [2.05, 4.69) is 46.8 Å². The molecule has 1 aromatic heterocycles. The van der Waals surface area contributed by atoms with E-state index in [1.165, 1.54) is 10.6 Å². The Kier molecular flexibility index (Phi) is 7.06. The molecule has 2 rings (SSSR count). The van der Waals surface area contributed by atoms with Crippen LogP contribution >= 0.6 is 11.3 Å². The number of thiazole rings is 1. The van der Waals surface area contributed by atoms with Crippen LogP contribution in [0.4, 0.5) is 0 Å². The Hall–Kier alpha value is -2.08. The van der Waals surface area contributed by atoms with Crippen LogP contribution in [0.25, 0.3) is 0 Å².